The second-order valence-electron chi connectivity index (χ2n) is 4.73. The molecule has 0 aliphatic rings. The molecule has 0 atom stereocenters. The van der Waals surface area contributed by atoms with Gasteiger partial charge in [0.1, 0.15) is 11.4 Å². The molecule has 0 amide bonds. The second kappa shape index (κ2) is 5.80. The molecular weight excluding hydrogens is 272 g/mol. The predicted molar refractivity (Wildman–Crippen MR) is 80.9 cm³/mol. The first-order valence-electron chi connectivity index (χ1n) is 6.42. The van der Waals surface area contributed by atoms with Crippen molar-refractivity contribution in [2.75, 3.05) is 10.7 Å². The van der Waals surface area contributed by atoms with Gasteiger partial charge in [-0.25, -0.2) is 0 Å². The van der Waals surface area contributed by atoms with Crippen LogP contribution in [-0.4, -0.2) is 14.7 Å². The molecule has 1 aromatic carbocycles. The standard InChI is InChI=1S/C13H18N6O2/c1-8-10(9(2)18(3)17-8)7-15-11-5-4-6-12(16-14)13(11)19(20)21/h4-6,15-16H,7,14H2,1-3H3. The predicted octanol–water partition coefficient (Wildman–Crippen LogP) is 1.84. The molecular formula is C13H18N6O2. The molecule has 8 heteroatoms. The van der Waals surface area contributed by atoms with Gasteiger partial charge >= 0.3 is 5.69 Å². The summed E-state index contributed by atoms with van der Waals surface area (Å²) in [5, 5.41) is 18.6. The Morgan fingerprint density at radius 1 is 1.38 bits per heavy atom. The van der Waals surface area contributed by atoms with E-state index in [2.05, 4.69) is 15.8 Å². The molecule has 0 fully saturated rings. The van der Waals surface area contributed by atoms with Gasteiger partial charge in [-0.15, -0.1) is 0 Å². The lowest BCUT2D eigenvalue weighted by Crippen LogP contribution is -2.11. The number of hydrogen-bond donors (Lipinski definition) is 3. The minimum absolute atomic E-state index is 0.0702. The number of para-hydroxylation sites is 1. The molecule has 0 spiro atoms. The molecule has 0 saturated carbocycles. The molecule has 0 radical (unpaired) electrons. The number of nitro benzene ring substituents is 1. The number of hydrazine groups is 1. The van der Waals surface area contributed by atoms with Crippen LogP contribution in [-0.2, 0) is 13.6 Å². The van der Waals surface area contributed by atoms with Gasteiger partial charge in [0.15, 0.2) is 0 Å². The maximum Gasteiger partial charge on any atom is 0.316 e. The summed E-state index contributed by atoms with van der Waals surface area (Å²) in [4.78, 5) is 10.7. The van der Waals surface area contributed by atoms with Crippen molar-refractivity contribution in [2.45, 2.75) is 20.4 Å². The van der Waals surface area contributed by atoms with Gasteiger partial charge in [-0.3, -0.25) is 20.6 Å². The lowest BCUT2D eigenvalue weighted by molar-refractivity contribution is -0.383. The van der Waals surface area contributed by atoms with Crippen molar-refractivity contribution in [3.05, 3.63) is 45.3 Å². The van der Waals surface area contributed by atoms with Gasteiger partial charge in [0.25, 0.3) is 0 Å². The van der Waals surface area contributed by atoms with Crippen LogP contribution in [0, 0.1) is 24.0 Å². The van der Waals surface area contributed by atoms with Crippen molar-refractivity contribution in [1.82, 2.24) is 9.78 Å². The van der Waals surface area contributed by atoms with Gasteiger partial charge in [0, 0.05) is 24.8 Å². The second-order valence-corrected chi connectivity index (χ2v) is 4.73. The van der Waals surface area contributed by atoms with E-state index >= 15 is 0 Å². The molecule has 8 nitrogen and oxygen atoms in total. The molecule has 4 N–H and O–H groups in total. The van der Waals surface area contributed by atoms with E-state index in [1.54, 1.807) is 22.9 Å². The Kier molecular flexibility index (Phi) is 4.08. The summed E-state index contributed by atoms with van der Waals surface area (Å²) in [6.45, 7) is 4.33. The number of aromatic nitrogens is 2. The van der Waals surface area contributed by atoms with E-state index in [9.17, 15) is 10.1 Å². The highest BCUT2D eigenvalue weighted by Crippen LogP contribution is 2.32. The molecule has 112 valence electrons. The summed E-state index contributed by atoms with van der Waals surface area (Å²) < 4.78 is 1.79. The van der Waals surface area contributed by atoms with Crippen LogP contribution in [0.1, 0.15) is 17.0 Å². The first-order chi connectivity index (χ1) is 9.95. The zero-order chi connectivity index (χ0) is 15.6. The molecule has 2 aromatic rings. The Bertz CT molecular complexity index is 680. The summed E-state index contributed by atoms with van der Waals surface area (Å²) in [7, 11) is 1.87. The maximum atomic E-state index is 11.2. The van der Waals surface area contributed by atoms with Gasteiger partial charge in [-0.2, -0.15) is 5.10 Å². The Morgan fingerprint density at radius 3 is 2.57 bits per heavy atom. The van der Waals surface area contributed by atoms with Gasteiger partial charge in [-0.05, 0) is 26.0 Å². The van der Waals surface area contributed by atoms with Crippen LogP contribution in [0.15, 0.2) is 18.2 Å². The van der Waals surface area contributed by atoms with Crippen molar-refractivity contribution >= 4 is 17.1 Å². The average molecular weight is 290 g/mol. The summed E-state index contributed by atoms with van der Waals surface area (Å²) in [5.41, 5.74) is 5.91. The normalized spacial score (nSPS) is 10.5. The quantitative estimate of drug-likeness (QED) is 0.440. The fourth-order valence-corrected chi connectivity index (χ4v) is 2.26. The number of nitrogens with two attached hydrogens (primary N) is 1. The summed E-state index contributed by atoms with van der Waals surface area (Å²) >= 11 is 0. The maximum absolute atomic E-state index is 11.2. The van der Waals surface area contributed by atoms with Crippen molar-refractivity contribution in [3.63, 3.8) is 0 Å². The average Bonchev–Trinajstić information content (AvgIpc) is 2.69. The van der Waals surface area contributed by atoms with E-state index in [-0.39, 0.29) is 11.4 Å². The minimum atomic E-state index is -0.458. The van der Waals surface area contributed by atoms with E-state index in [1.807, 2.05) is 20.9 Å². The Morgan fingerprint density at radius 2 is 2.05 bits per heavy atom. The van der Waals surface area contributed by atoms with Crippen LogP contribution in [0.4, 0.5) is 17.1 Å². The summed E-state index contributed by atoms with van der Waals surface area (Å²) in [6.07, 6.45) is 0. The zero-order valence-electron chi connectivity index (χ0n) is 12.2. The number of nitrogens with zero attached hydrogens (tertiary/aromatic N) is 3. The molecule has 0 bridgehead atoms. The van der Waals surface area contributed by atoms with E-state index in [0.29, 0.717) is 12.2 Å². The van der Waals surface area contributed by atoms with Crippen molar-refractivity contribution in [1.29, 1.82) is 0 Å². The highest BCUT2D eigenvalue weighted by molar-refractivity contribution is 5.75. The lowest BCUT2D eigenvalue weighted by atomic mass is 10.2. The lowest BCUT2D eigenvalue weighted by Gasteiger charge is -2.10. The number of hydrogen-bond acceptors (Lipinski definition) is 6. The van der Waals surface area contributed by atoms with E-state index in [4.69, 9.17) is 5.84 Å². The third-order valence-electron chi connectivity index (χ3n) is 3.49. The molecule has 2 rings (SSSR count). The molecule has 0 aliphatic heterocycles. The van der Waals surface area contributed by atoms with Gasteiger partial charge in [0.2, 0.25) is 0 Å². The molecule has 1 aromatic heterocycles. The Balaban J connectivity index is 2.30. The van der Waals surface area contributed by atoms with Crippen molar-refractivity contribution in [3.8, 4) is 0 Å². The fraction of sp³-hybridized carbons (Fsp3) is 0.308. The summed E-state index contributed by atoms with van der Waals surface area (Å²) in [6, 6.07) is 4.91. The van der Waals surface area contributed by atoms with Gasteiger partial charge < -0.3 is 10.7 Å². The number of rotatable bonds is 5. The third-order valence-corrected chi connectivity index (χ3v) is 3.49. The summed E-state index contributed by atoms with van der Waals surface area (Å²) in [5.74, 6) is 5.32. The number of nitro groups is 1. The number of aryl methyl sites for hydroxylation is 2. The molecule has 0 unspecified atom stereocenters. The van der Waals surface area contributed by atoms with Crippen molar-refractivity contribution < 1.29 is 4.92 Å². The number of anilines is 2. The van der Waals surface area contributed by atoms with E-state index in [0.717, 1.165) is 17.0 Å². The monoisotopic (exact) mass is 290 g/mol. The van der Waals surface area contributed by atoms with Crippen LogP contribution in [0.25, 0.3) is 0 Å². The van der Waals surface area contributed by atoms with Crippen LogP contribution in [0.3, 0.4) is 0 Å². The first kappa shape index (κ1) is 14.8. The van der Waals surface area contributed by atoms with Crippen molar-refractivity contribution in [2.24, 2.45) is 12.9 Å². The smallest absolute Gasteiger partial charge is 0.316 e. The van der Waals surface area contributed by atoms with Gasteiger partial charge in [0.05, 0.1) is 10.6 Å². The molecule has 0 aliphatic carbocycles. The fourth-order valence-electron chi connectivity index (χ4n) is 2.26. The van der Waals surface area contributed by atoms with Gasteiger partial charge in [-0.1, -0.05) is 6.07 Å². The Hall–Kier alpha value is -2.61. The Labute approximate surface area is 122 Å². The highest BCUT2D eigenvalue weighted by atomic mass is 16.6. The van der Waals surface area contributed by atoms with E-state index in [1.165, 1.54) is 0 Å². The molecule has 0 saturated heterocycles. The molecule has 1 heterocycles. The third kappa shape index (κ3) is 2.79. The van der Waals surface area contributed by atoms with Crippen LogP contribution in [0.2, 0.25) is 0 Å². The number of nitrogen functional groups attached to an aromatic ring is 1. The topological polar surface area (TPSA) is 111 Å². The number of benzene rings is 1. The van der Waals surface area contributed by atoms with Crippen LogP contribution < -0.4 is 16.6 Å². The van der Waals surface area contributed by atoms with Crippen LogP contribution in [0.5, 0.6) is 0 Å². The largest absolute Gasteiger partial charge is 0.375 e. The SMILES string of the molecule is Cc1nn(C)c(C)c1CNc1cccc(NN)c1[N+](=O)[O-]. The van der Waals surface area contributed by atoms with E-state index < -0.39 is 4.92 Å². The number of nitrogens with one attached hydrogen (secondary N) is 2. The highest BCUT2D eigenvalue weighted by Gasteiger charge is 2.19. The molecule has 21 heavy (non-hydrogen) atoms. The minimum Gasteiger partial charge on any atom is -0.375 e. The zero-order valence-corrected chi connectivity index (χ0v) is 12.2. The van der Waals surface area contributed by atoms with Crippen LogP contribution >= 0.6 is 0 Å². The first-order valence-corrected chi connectivity index (χ1v) is 6.42.